The van der Waals surface area contributed by atoms with Crippen LogP contribution in [-0.2, 0) is 11.2 Å². The summed E-state index contributed by atoms with van der Waals surface area (Å²) in [6, 6.07) is 8.23. The third-order valence-corrected chi connectivity index (χ3v) is 3.20. The summed E-state index contributed by atoms with van der Waals surface area (Å²) < 4.78 is 0. The zero-order valence-corrected chi connectivity index (χ0v) is 8.55. The van der Waals surface area contributed by atoms with Crippen LogP contribution >= 0.6 is 0 Å². The molecule has 0 saturated carbocycles. The van der Waals surface area contributed by atoms with Crippen LogP contribution in [0.3, 0.4) is 0 Å². The van der Waals surface area contributed by atoms with Crippen LogP contribution in [0.2, 0.25) is 0 Å². The number of carbonyl (C=O) groups is 1. The van der Waals surface area contributed by atoms with Crippen LogP contribution < -0.4 is 5.32 Å². The molecule has 0 fully saturated rings. The number of nitrogens with one attached hydrogen (secondary N) is 1. The summed E-state index contributed by atoms with van der Waals surface area (Å²) in [6.45, 7) is 0. The molecule has 15 heavy (non-hydrogen) atoms. The lowest BCUT2D eigenvalue weighted by Gasteiger charge is -2.27. The summed E-state index contributed by atoms with van der Waals surface area (Å²) >= 11 is 0. The smallest absolute Gasteiger partial charge is 0.160 e. The number of hydrogen-bond donors (Lipinski definition) is 1. The monoisotopic (exact) mass is 199 g/mol. The highest BCUT2D eigenvalue weighted by Gasteiger charge is 2.25. The Bertz CT molecular complexity index is 459. The summed E-state index contributed by atoms with van der Waals surface area (Å²) in [5, 5.41) is 3.39. The van der Waals surface area contributed by atoms with E-state index < -0.39 is 0 Å². The quantitative estimate of drug-likeness (QED) is 0.696. The molecule has 1 aromatic carbocycles. The Balaban J connectivity index is 2.04. The first-order chi connectivity index (χ1) is 7.34. The van der Waals surface area contributed by atoms with Crippen molar-refractivity contribution in [3.63, 3.8) is 0 Å². The van der Waals surface area contributed by atoms with Crippen LogP contribution in [0.15, 0.2) is 35.5 Å². The SMILES string of the molecule is O=C1CCCC2=C1Cc1ccccc1N2. The molecular formula is C13H13NO. The Morgan fingerprint density at radius 2 is 2.00 bits per heavy atom. The van der Waals surface area contributed by atoms with Crippen molar-refractivity contribution in [2.24, 2.45) is 0 Å². The number of allylic oxidation sites excluding steroid dienone is 2. The van der Waals surface area contributed by atoms with E-state index in [0.29, 0.717) is 5.78 Å². The Morgan fingerprint density at radius 3 is 2.93 bits per heavy atom. The predicted octanol–water partition coefficient (Wildman–Crippen LogP) is 2.66. The number of carbonyl (C=O) groups excluding carboxylic acids is 1. The van der Waals surface area contributed by atoms with Crippen molar-refractivity contribution in [1.82, 2.24) is 0 Å². The zero-order valence-electron chi connectivity index (χ0n) is 8.55. The van der Waals surface area contributed by atoms with Gasteiger partial charge in [-0.1, -0.05) is 18.2 Å². The maximum absolute atomic E-state index is 11.7. The molecule has 3 rings (SSSR count). The molecule has 0 spiro atoms. The lowest BCUT2D eigenvalue weighted by atomic mass is 9.87. The van der Waals surface area contributed by atoms with Gasteiger partial charge in [-0.3, -0.25) is 4.79 Å². The van der Waals surface area contributed by atoms with E-state index in [0.717, 1.165) is 37.0 Å². The van der Waals surface area contributed by atoms with Crippen molar-refractivity contribution >= 4 is 11.5 Å². The molecule has 0 bridgehead atoms. The topological polar surface area (TPSA) is 29.1 Å². The van der Waals surface area contributed by atoms with Crippen LogP contribution in [0.25, 0.3) is 0 Å². The van der Waals surface area contributed by atoms with E-state index in [-0.39, 0.29) is 0 Å². The fourth-order valence-corrected chi connectivity index (χ4v) is 2.39. The maximum Gasteiger partial charge on any atom is 0.160 e. The molecule has 2 nitrogen and oxygen atoms in total. The standard InChI is InChI=1S/C13H13NO/c15-13-7-3-6-12-10(13)8-9-4-1-2-5-11(9)14-12/h1-2,4-5,14H,3,6-8H2. The second-order valence-electron chi connectivity index (χ2n) is 4.19. The van der Waals surface area contributed by atoms with Crippen LogP contribution in [0.1, 0.15) is 24.8 Å². The van der Waals surface area contributed by atoms with Gasteiger partial charge < -0.3 is 5.32 Å². The Labute approximate surface area is 89.0 Å². The molecule has 0 unspecified atom stereocenters. The van der Waals surface area contributed by atoms with Gasteiger partial charge in [0.15, 0.2) is 5.78 Å². The average Bonchev–Trinajstić information content (AvgIpc) is 2.27. The van der Waals surface area contributed by atoms with Gasteiger partial charge in [0.2, 0.25) is 0 Å². The molecule has 76 valence electrons. The normalized spacial score (nSPS) is 19.3. The highest BCUT2D eigenvalue weighted by atomic mass is 16.1. The van der Waals surface area contributed by atoms with Crippen LogP contribution in [0.5, 0.6) is 0 Å². The molecule has 2 aliphatic rings. The van der Waals surface area contributed by atoms with Gasteiger partial charge in [-0.05, 0) is 24.5 Å². The molecular weight excluding hydrogens is 186 g/mol. The van der Waals surface area contributed by atoms with E-state index in [1.807, 2.05) is 12.1 Å². The lowest BCUT2D eigenvalue weighted by molar-refractivity contribution is -0.116. The predicted molar refractivity (Wildman–Crippen MR) is 59.7 cm³/mol. The van der Waals surface area contributed by atoms with E-state index >= 15 is 0 Å². The van der Waals surface area contributed by atoms with Gasteiger partial charge in [-0.15, -0.1) is 0 Å². The highest BCUT2D eigenvalue weighted by Crippen LogP contribution is 2.33. The first-order valence-corrected chi connectivity index (χ1v) is 5.45. The van der Waals surface area contributed by atoms with Crippen molar-refractivity contribution in [2.45, 2.75) is 25.7 Å². The molecule has 0 saturated heterocycles. The molecule has 0 radical (unpaired) electrons. The minimum absolute atomic E-state index is 0.332. The van der Waals surface area contributed by atoms with Gasteiger partial charge in [0.1, 0.15) is 0 Å². The minimum atomic E-state index is 0.332. The van der Waals surface area contributed by atoms with Gasteiger partial charge in [0, 0.05) is 29.8 Å². The van der Waals surface area contributed by atoms with E-state index in [9.17, 15) is 4.79 Å². The van der Waals surface area contributed by atoms with Gasteiger partial charge in [-0.25, -0.2) is 0 Å². The number of Topliss-reactive ketones (excluding diaryl/α,β-unsaturated/α-hetero) is 1. The fourth-order valence-electron chi connectivity index (χ4n) is 2.39. The van der Waals surface area contributed by atoms with Gasteiger partial charge >= 0.3 is 0 Å². The third-order valence-electron chi connectivity index (χ3n) is 3.20. The molecule has 0 amide bonds. The maximum atomic E-state index is 11.7. The Hall–Kier alpha value is -1.57. The summed E-state index contributed by atoms with van der Waals surface area (Å²) in [6.07, 6.45) is 3.56. The van der Waals surface area contributed by atoms with E-state index in [2.05, 4.69) is 17.4 Å². The lowest BCUT2D eigenvalue weighted by Crippen LogP contribution is -2.22. The van der Waals surface area contributed by atoms with Crippen molar-refractivity contribution in [3.8, 4) is 0 Å². The largest absolute Gasteiger partial charge is 0.358 e. The molecule has 1 aliphatic heterocycles. The van der Waals surface area contributed by atoms with Crippen LogP contribution in [0.4, 0.5) is 5.69 Å². The Morgan fingerprint density at radius 1 is 1.13 bits per heavy atom. The van der Waals surface area contributed by atoms with Crippen molar-refractivity contribution < 1.29 is 4.79 Å². The molecule has 1 heterocycles. The van der Waals surface area contributed by atoms with Crippen LogP contribution in [-0.4, -0.2) is 5.78 Å². The van der Waals surface area contributed by atoms with Crippen molar-refractivity contribution in [3.05, 3.63) is 41.1 Å². The van der Waals surface area contributed by atoms with Gasteiger partial charge in [0.25, 0.3) is 0 Å². The summed E-state index contributed by atoms with van der Waals surface area (Å²) in [7, 11) is 0. The Kier molecular flexibility index (Phi) is 1.88. The summed E-state index contributed by atoms with van der Waals surface area (Å²) in [5.74, 6) is 0.332. The van der Waals surface area contributed by atoms with Crippen molar-refractivity contribution in [2.75, 3.05) is 5.32 Å². The number of para-hydroxylation sites is 1. The number of fused-ring (bicyclic) bond motifs is 1. The number of rotatable bonds is 0. The second kappa shape index (κ2) is 3.23. The summed E-state index contributed by atoms with van der Waals surface area (Å²) in [4.78, 5) is 11.7. The third kappa shape index (κ3) is 1.37. The van der Waals surface area contributed by atoms with Crippen molar-refractivity contribution in [1.29, 1.82) is 0 Å². The number of benzene rings is 1. The first-order valence-electron chi connectivity index (χ1n) is 5.45. The number of hydrogen-bond acceptors (Lipinski definition) is 2. The average molecular weight is 199 g/mol. The van der Waals surface area contributed by atoms with E-state index in [1.165, 1.54) is 11.3 Å². The molecule has 1 aromatic rings. The molecule has 1 aliphatic carbocycles. The molecule has 1 N–H and O–H groups in total. The molecule has 0 atom stereocenters. The zero-order chi connectivity index (χ0) is 10.3. The first kappa shape index (κ1) is 8.72. The number of ketones is 1. The fraction of sp³-hybridized carbons (Fsp3) is 0.308. The van der Waals surface area contributed by atoms with E-state index in [1.54, 1.807) is 0 Å². The molecule has 2 heteroatoms. The summed E-state index contributed by atoms with van der Waals surface area (Å²) in [5.41, 5.74) is 4.59. The molecule has 0 aromatic heterocycles. The van der Waals surface area contributed by atoms with Gasteiger partial charge in [-0.2, -0.15) is 0 Å². The highest BCUT2D eigenvalue weighted by molar-refractivity contribution is 5.98. The van der Waals surface area contributed by atoms with Gasteiger partial charge in [0.05, 0.1) is 0 Å². The minimum Gasteiger partial charge on any atom is -0.358 e. The number of anilines is 1. The van der Waals surface area contributed by atoms with Crippen LogP contribution in [0, 0.1) is 0 Å². The second-order valence-corrected chi connectivity index (χ2v) is 4.19. The van der Waals surface area contributed by atoms with E-state index in [4.69, 9.17) is 0 Å².